The van der Waals surface area contributed by atoms with Gasteiger partial charge in [0.05, 0.1) is 20.3 Å². The van der Waals surface area contributed by atoms with Gasteiger partial charge in [-0.25, -0.2) is 0 Å². The van der Waals surface area contributed by atoms with Gasteiger partial charge in [-0.1, -0.05) is 25.4 Å². The van der Waals surface area contributed by atoms with Crippen LogP contribution in [-0.2, 0) is 11.3 Å². The van der Waals surface area contributed by atoms with Crippen molar-refractivity contribution in [2.24, 2.45) is 5.92 Å². The molecular formula is C16H24ClNO3. The standard InChI is InChI=1S/C16H24ClNO3/c1-11(2)18-8-13-6-14(17)7-15(19-3)16(13)21-10-12-4-5-20-9-12/h6-7,11-12,18H,4-5,8-10H2,1-3H3. The van der Waals surface area contributed by atoms with Crippen molar-refractivity contribution in [3.63, 3.8) is 0 Å². The van der Waals surface area contributed by atoms with Crippen molar-refractivity contribution in [2.75, 3.05) is 26.9 Å². The molecule has 1 heterocycles. The lowest BCUT2D eigenvalue weighted by Crippen LogP contribution is -2.22. The molecular weight excluding hydrogens is 290 g/mol. The molecule has 1 aliphatic rings. The number of hydrogen-bond donors (Lipinski definition) is 1. The minimum absolute atomic E-state index is 0.394. The molecule has 1 atom stereocenters. The minimum Gasteiger partial charge on any atom is -0.493 e. The van der Waals surface area contributed by atoms with E-state index >= 15 is 0 Å². The summed E-state index contributed by atoms with van der Waals surface area (Å²) in [5.74, 6) is 1.92. The lowest BCUT2D eigenvalue weighted by atomic mass is 10.1. The number of nitrogens with one attached hydrogen (secondary N) is 1. The number of methoxy groups -OCH3 is 1. The van der Waals surface area contributed by atoms with Crippen LogP contribution < -0.4 is 14.8 Å². The lowest BCUT2D eigenvalue weighted by Gasteiger charge is -2.18. The van der Waals surface area contributed by atoms with Gasteiger partial charge < -0.3 is 19.5 Å². The topological polar surface area (TPSA) is 39.7 Å². The molecule has 0 aliphatic carbocycles. The second-order valence-electron chi connectivity index (χ2n) is 5.67. The summed E-state index contributed by atoms with van der Waals surface area (Å²) in [7, 11) is 1.64. The first kappa shape index (κ1) is 16.4. The Hall–Kier alpha value is -0.970. The van der Waals surface area contributed by atoms with Crippen molar-refractivity contribution in [1.29, 1.82) is 0 Å². The Morgan fingerprint density at radius 2 is 2.24 bits per heavy atom. The molecule has 4 nitrogen and oxygen atoms in total. The fraction of sp³-hybridized carbons (Fsp3) is 0.625. The molecule has 5 heteroatoms. The summed E-state index contributed by atoms with van der Waals surface area (Å²) in [5, 5.41) is 4.05. The summed E-state index contributed by atoms with van der Waals surface area (Å²) in [4.78, 5) is 0. The molecule has 1 aromatic rings. The van der Waals surface area contributed by atoms with Crippen molar-refractivity contribution in [3.8, 4) is 11.5 Å². The zero-order valence-electron chi connectivity index (χ0n) is 12.9. The first-order chi connectivity index (χ1) is 10.1. The number of hydrogen-bond acceptors (Lipinski definition) is 4. The van der Waals surface area contributed by atoms with E-state index in [2.05, 4.69) is 19.2 Å². The second-order valence-corrected chi connectivity index (χ2v) is 6.11. The van der Waals surface area contributed by atoms with Gasteiger partial charge in [0.2, 0.25) is 0 Å². The fourth-order valence-corrected chi connectivity index (χ4v) is 2.53. The summed E-state index contributed by atoms with van der Waals surface area (Å²) in [6.45, 7) is 7.16. The van der Waals surface area contributed by atoms with E-state index < -0.39 is 0 Å². The van der Waals surface area contributed by atoms with Gasteiger partial charge in [0.25, 0.3) is 0 Å². The highest BCUT2D eigenvalue weighted by atomic mass is 35.5. The molecule has 1 aromatic carbocycles. The van der Waals surface area contributed by atoms with Crippen LogP contribution >= 0.6 is 11.6 Å². The van der Waals surface area contributed by atoms with Gasteiger partial charge in [-0.2, -0.15) is 0 Å². The maximum Gasteiger partial charge on any atom is 0.165 e. The Morgan fingerprint density at radius 1 is 1.43 bits per heavy atom. The highest BCUT2D eigenvalue weighted by Gasteiger charge is 2.19. The van der Waals surface area contributed by atoms with Gasteiger partial charge in [0.1, 0.15) is 0 Å². The van der Waals surface area contributed by atoms with Gasteiger partial charge >= 0.3 is 0 Å². The van der Waals surface area contributed by atoms with Gasteiger partial charge in [-0.05, 0) is 12.5 Å². The van der Waals surface area contributed by atoms with Crippen molar-refractivity contribution in [2.45, 2.75) is 32.9 Å². The van der Waals surface area contributed by atoms with E-state index in [0.717, 1.165) is 30.9 Å². The summed E-state index contributed by atoms with van der Waals surface area (Å²) in [5.41, 5.74) is 1.02. The van der Waals surface area contributed by atoms with E-state index in [-0.39, 0.29) is 0 Å². The highest BCUT2D eigenvalue weighted by Crippen LogP contribution is 2.35. The Bertz CT molecular complexity index is 459. The summed E-state index contributed by atoms with van der Waals surface area (Å²) in [6, 6.07) is 4.12. The predicted molar refractivity (Wildman–Crippen MR) is 84.4 cm³/mol. The van der Waals surface area contributed by atoms with E-state index in [1.165, 1.54) is 0 Å². The van der Waals surface area contributed by atoms with Crippen LogP contribution in [-0.4, -0.2) is 33.0 Å². The van der Waals surface area contributed by atoms with Crippen molar-refractivity contribution >= 4 is 11.6 Å². The third-order valence-electron chi connectivity index (χ3n) is 3.50. The number of ether oxygens (including phenoxy) is 3. The Morgan fingerprint density at radius 3 is 2.86 bits per heavy atom. The van der Waals surface area contributed by atoms with E-state index in [0.29, 0.717) is 35.9 Å². The highest BCUT2D eigenvalue weighted by molar-refractivity contribution is 6.30. The van der Waals surface area contributed by atoms with E-state index in [1.54, 1.807) is 13.2 Å². The molecule has 1 unspecified atom stereocenters. The minimum atomic E-state index is 0.394. The van der Waals surface area contributed by atoms with Crippen molar-refractivity contribution in [3.05, 3.63) is 22.7 Å². The van der Waals surface area contributed by atoms with Crippen LogP contribution in [0.4, 0.5) is 0 Å². The third kappa shape index (κ3) is 4.77. The zero-order valence-corrected chi connectivity index (χ0v) is 13.7. The lowest BCUT2D eigenvalue weighted by molar-refractivity contribution is 0.165. The molecule has 2 rings (SSSR count). The number of rotatable bonds is 7. The van der Waals surface area contributed by atoms with Crippen LogP contribution in [0.1, 0.15) is 25.8 Å². The van der Waals surface area contributed by atoms with Crippen molar-refractivity contribution < 1.29 is 14.2 Å². The summed E-state index contributed by atoms with van der Waals surface area (Å²) < 4.78 is 16.8. The normalized spacial score (nSPS) is 18.2. The predicted octanol–water partition coefficient (Wildman–Crippen LogP) is 3.26. The average Bonchev–Trinajstić information content (AvgIpc) is 2.96. The van der Waals surface area contributed by atoms with Gasteiger partial charge in [-0.3, -0.25) is 0 Å². The van der Waals surface area contributed by atoms with Crippen LogP contribution in [0.25, 0.3) is 0 Å². The van der Waals surface area contributed by atoms with E-state index in [9.17, 15) is 0 Å². The van der Waals surface area contributed by atoms with Crippen LogP contribution in [0, 0.1) is 5.92 Å². The first-order valence-corrected chi connectivity index (χ1v) is 7.78. The van der Waals surface area contributed by atoms with Gasteiger partial charge in [0, 0.05) is 41.8 Å². The molecule has 1 fully saturated rings. The van der Waals surface area contributed by atoms with Gasteiger partial charge in [0.15, 0.2) is 11.5 Å². The molecule has 1 saturated heterocycles. The number of halogens is 1. The molecule has 0 amide bonds. The SMILES string of the molecule is COc1cc(Cl)cc(CNC(C)C)c1OCC1CCOC1. The third-order valence-corrected chi connectivity index (χ3v) is 3.72. The molecule has 1 N–H and O–H groups in total. The van der Waals surface area contributed by atoms with E-state index in [4.69, 9.17) is 25.8 Å². The quantitative estimate of drug-likeness (QED) is 0.838. The molecule has 0 spiro atoms. The molecule has 0 bridgehead atoms. The van der Waals surface area contributed by atoms with Crippen LogP contribution in [0.2, 0.25) is 5.02 Å². The average molecular weight is 314 g/mol. The van der Waals surface area contributed by atoms with Crippen molar-refractivity contribution in [1.82, 2.24) is 5.32 Å². The van der Waals surface area contributed by atoms with Crippen LogP contribution in [0.5, 0.6) is 11.5 Å². The smallest absolute Gasteiger partial charge is 0.165 e. The molecule has 1 aliphatic heterocycles. The largest absolute Gasteiger partial charge is 0.493 e. The Labute approximate surface area is 131 Å². The van der Waals surface area contributed by atoms with Crippen LogP contribution in [0.15, 0.2) is 12.1 Å². The number of benzene rings is 1. The monoisotopic (exact) mass is 313 g/mol. The maximum absolute atomic E-state index is 6.16. The second kappa shape index (κ2) is 7.87. The zero-order chi connectivity index (χ0) is 15.2. The summed E-state index contributed by atoms with van der Waals surface area (Å²) >= 11 is 6.16. The molecule has 21 heavy (non-hydrogen) atoms. The Kier molecular flexibility index (Phi) is 6.15. The first-order valence-electron chi connectivity index (χ1n) is 7.40. The van der Waals surface area contributed by atoms with Crippen LogP contribution in [0.3, 0.4) is 0 Å². The Balaban J connectivity index is 2.13. The molecule has 0 radical (unpaired) electrons. The molecule has 0 saturated carbocycles. The van der Waals surface area contributed by atoms with Gasteiger partial charge in [-0.15, -0.1) is 0 Å². The van der Waals surface area contributed by atoms with E-state index in [1.807, 2.05) is 6.07 Å². The fourth-order valence-electron chi connectivity index (χ4n) is 2.30. The maximum atomic E-state index is 6.16. The molecule has 0 aromatic heterocycles. The summed E-state index contributed by atoms with van der Waals surface area (Å²) in [6.07, 6.45) is 1.05. The molecule has 118 valence electrons.